The first-order chi connectivity index (χ1) is 5.92. The van der Waals surface area contributed by atoms with E-state index >= 15 is 0 Å². The summed E-state index contributed by atoms with van der Waals surface area (Å²) in [6.07, 6.45) is 4.33. The lowest BCUT2D eigenvalue weighted by Gasteiger charge is -2.09. The molecule has 0 radical (unpaired) electrons. The van der Waals surface area contributed by atoms with Crippen LogP contribution in [0.25, 0.3) is 0 Å². The summed E-state index contributed by atoms with van der Waals surface area (Å²) in [7, 11) is 0. The zero-order valence-corrected chi connectivity index (χ0v) is 7.29. The average Bonchev–Trinajstić information content (AvgIpc) is 2.50. The van der Waals surface area contributed by atoms with Crippen LogP contribution in [0.15, 0.2) is 18.3 Å². The predicted octanol–water partition coefficient (Wildman–Crippen LogP) is 2.11. The number of ether oxygens (including phenoxy) is 1. The summed E-state index contributed by atoms with van der Waals surface area (Å²) in [6, 6.07) is 4.10. The Morgan fingerprint density at radius 2 is 2.58 bits per heavy atom. The molecule has 0 saturated carbocycles. The SMILES string of the molecule is CCOC1CCc2ncccc21. The van der Waals surface area contributed by atoms with Gasteiger partial charge in [-0.25, -0.2) is 0 Å². The molecule has 0 fully saturated rings. The Kier molecular flexibility index (Phi) is 2.09. The molecule has 1 aromatic rings. The standard InChI is InChI=1S/C10H13NO/c1-2-12-10-6-5-9-8(10)4-3-7-11-9/h3-4,7,10H,2,5-6H2,1H3. The molecule has 1 unspecified atom stereocenters. The Morgan fingerprint density at radius 1 is 1.67 bits per heavy atom. The van der Waals surface area contributed by atoms with Gasteiger partial charge in [0, 0.05) is 24.1 Å². The fraction of sp³-hybridized carbons (Fsp3) is 0.500. The molecule has 0 N–H and O–H groups in total. The molecule has 0 spiro atoms. The van der Waals surface area contributed by atoms with E-state index in [4.69, 9.17) is 4.74 Å². The highest BCUT2D eigenvalue weighted by molar-refractivity contribution is 5.27. The van der Waals surface area contributed by atoms with Crippen LogP contribution >= 0.6 is 0 Å². The molecule has 1 atom stereocenters. The first-order valence-electron chi connectivity index (χ1n) is 4.47. The number of aryl methyl sites for hydroxylation is 1. The van der Waals surface area contributed by atoms with Crippen molar-refractivity contribution >= 4 is 0 Å². The molecule has 2 rings (SSSR count). The van der Waals surface area contributed by atoms with Crippen LogP contribution in [0, 0.1) is 0 Å². The molecule has 1 heterocycles. The van der Waals surface area contributed by atoms with Crippen molar-refractivity contribution in [3.8, 4) is 0 Å². The van der Waals surface area contributed by atoms with Crippen LogP contribution < -0.4 is 0 Å². The first-order valence-corrected chi connectivity index (χ1v) is 4.47. The quantitative estimate of drug-likeness (QED) is 0.666. The third kappa shape index (κ3) is 1.23. The Bertz CT molecular complexity index is 270. The van der Waals surface area contributed by atoms with Crippen molar-refractivity contribution in [2.24, 2.45) is 0 Å². The molecule has 1 aliphatic rings. The van der Waals surface area contributed by atoms with Crippen LogP contribution in [0.1, 0.15) is 30.7 Å². The van der Waals surface area contributed by atoms with Crippen LogP contribution in [0.4, 0.5) is 0 Å². The molecule has 0 aromatic carbocycles. The Morgan fingerprint density at radius 3 is 3.42 bits per heavy atom. The van der Waals surface area contributed by atoms with Gasteiger partial charge in [-0.2, -0.15) is 0 Å². The lowest BCUT2D eigenvalue weighted by molar-refractivity contribution is 0.0640. The topological polar surface area (TPSA) is 22.1 Å². The monoisotopic (exact) mass is 163 g/mol. The molecule has 1 aromatic heterocycles. The van der Waals surface area contributed by atoms with E-state index in [1.165, 1.54) is 11.3 Å². The number of aromatic nitrogens is 1. The second kappa shape index (κ2) is 3.23. The summed E-state index contributed by atoms with van der Waals surface area (Å²) < 4.78 is 5.59. The summed E-state index contributed by atoms with van der Waals surface area (Å²) in [4.78, 5) is 4.31. The van der Waals surface area contributed by atoms with Crippen LogP contribution in [-0.2, 0) is 11.2 Å². The molecule has 2 heteroatoms. The predicted molar refractivity (Wildman–Crippen MR) is 46.9 cm³/mol. The Labute approximate surface area is 72.6 Å². The minimum absolute atomic E-state index is 0.304. The lowest BCUT2D eigenvalue weighted by atomic mass is 10.2. The van der Waals surface area contributed by atoms with Gasteiger partial charge in [0.1, 0.15) is 0 Å². The number of hydrogen-bond donors (Lipinski definition) is 0. The molecule has 64 valence electrons. The largest absolute Gasteiger partial charge is 0.374 e. The fourth-order valence-corrected chi connectivity index (χ4v) is 1.75. The summed E-state index contributed by atoms with van der Waals surface area (Å²) in [5, 5.41) is 0. The van der Waals surface area contributed by atoms with Gasteiger partial charge in [0.25, 0.3) is 0 Å². The van der Waals surface area contributed by atoms with Crippen molar-refractivity contribution in [2.75, 3.05) is 6.61 Å². The molecular formula is C10H13NO. The van der Waals surface area contributed by atoms with E-state index in [9.17, 15) is 0 Å². The highest BCUT2D eigenvalue weighted by Crippen LogP contribution is 2.31. The van der Waals surface area contributed by atoms with Crippen molar-refractivity contribution in [3.63, 3.8) is 0 Å². The van der Waals surface area contributed by atoms with E-state index in [2.05, 4.69) is 11.1 Å². The van der Waals surface area contributed by atoms with Gasteiger partial charge in [0.15, 0.2) is 0 Å². The first kappa shape index (κ1) is 7.74. The number of pyridine rings is 1. The molecule has 12 heavy (non-hydrogen) atoms. The molecule has 0 saturated heterocycles. The minimum atomic E-state index is 0.304. The van der Waals surface area contributed by atoms with E-state index in [0.29, 0.717) is 6.10 Å². The van der Waals surface area contributed by atoms with Gasteiger partial charge in [-0.1, -0.05) is 6.07 Å². The van der Waals surface area contributed by atoms with Crippen molar-refractivity contribution in [2.45, 2.75) is 25.9 Å². The van der Waals surface area contributed by atoms with Gasteiger partial charge in [0.2, 0.25) is 0 Å². The van der Waals surface area contributed by atoms with Gasteiger partial charge in [0.05, 0.1) is 6.10 Å². The van der Waals surface area contributed by atoms with Gasteiger partial charge < -0.3 is 4.74 Å². The molecule has 0 aliphatic heterocycles. The number of nitrogens with zero attached hydrogens (tertiary/aromatic N) is 1. The minimum Gasteiger partial charge on any atom is -0.374 e. The highest BCUT2D eigenvalue weighted by atomic mass is 16.5. The number of rotatable bonds is 2. The average molecular weight is 163 g/mol. The van der Waals surface area contributed by atoms with Crippen molar-refractivity contribution in [1.29, 1.82) is 0 Å². The zero-order chi connectivity index (χ0) is 8.39. The third-order valence-electron chi connectivity index (χ3n) is 2.28. The second-order valence-electron chi connectivity index (χ2n) is 3.02. The Balaban J connectivity index is 2.24. The summed E-state index contributed by atoms with van der Waals surface area (Å²) in [6.45, 7) is 2.83. The van der Waals surface area contributed by atoms with E-state index in [-0.39, 0.29) is 0 Å². The molecule has 2 nitrogen and oxygen atoms in total. The lowest BCUT2D eigenvalue weighted by Crippen LogP contribution is -1.99. The van der Waals surface area contributed by atoms with Gasteiger partial charge in [-0.05, 0) is 25.8 Å². The second-order valence-corrected chi connectivity index (χ2v) is 3.02. The highest BCUT2D eigenvalue weighted by Gasteiger charge is 2.22. The fourth-order valence-electron chi connectivity index (χ4n) is 1.75. The van der Waals surface area contributed by atoms with Crippen LogP contribution in [0.5, 0.6) is 0 Å². The maximum atomic E-state index is 5.59. The van der Waals surface area contributed by atoms with E-state index in [1.807, 2.05) is 19.2 Å². The van der Waals surface area contributed by atoms with Crippen molar-refractivity contribution < 1.29 is 4.74 Å². The van der Waals surface area contributed by atoms with Gasteiger partial charge >= 0.3 is 0 Å². The third-order valence-corrected chi connectivity index (χ3v) is 2.28. The summed E-state index contributed by atoms with van der Waals surface area (Å²) in [5.41, 5.74) is 2.51. The van der Waals surface area contributed by atoms with E-state index in [0.717, 1.165) is 19.4 Å². The molecule has 0 amide bonds. The van der Waals surface area contributed by atoms with Gasteiger partial charge in [-0.15, -0.1) is 0 Å². The van der Waals surface area contributed by atoms with E-state index in [1.54, 1.807) is 0 Å². The van der Waals surface area contributed by atoms with Gasteiger partial charge in [-0.3, -0.25) is 4.98 Å². The normalized spacial score (nSPS) is 20.9. The van der Waals surface area contributed by atoms with Crippen LogP contribution in [0.2, 0.25) is 0 Å². The van der Waals surface area contributed by atoms with Crippen molar-refractivity contribution in [1.82, 2.24) is 4.98 Å². The van der Waals surface area contributed by atoms with Crippen LogP contribution in [-0.4, -0.2) is 11.6 Å². The molecule has 1 aliphatic carbocycles. The summed E-state index contributed by atoms with van der Waals surface area (Å²) >= 11 is 0. The maximum absolute atomic E-state index is 5.59. The number of fused-ring (bicyclic) bond motifs is 1. The van der Waals surface area contributed by atoms with Crippen LogP contribution in [0.3, 0.4) is 0 Å². The summed E-state index contributed by atoms with van der Waals surface area (Å²) in [5.74, 6) is 0. The maximum Gasteiger partial charge on any atom is 0.0846 e. The smallest absolute Gasteiger partial charge is 0.0846 e. The number of hydrogen-bond acceptors (Lipinski definition) is 2. The van der Waals surface area contributed by atoms with E-state index < -0.39 is 0 Å². The Hall–Kier alpha value is -0.890. The zero-order valence-electron chi connectivity index (χ0n) is 7.29. The van der Waals surface area contributed by atoms with Crippen molar-refractivity contribution in [3.05, 3.63) is 29.6 Å². The molecular weight excluding hydrogens is 150 g/mol. The molecule has 0 bridgehead atoms.